The summed E-state index contributed by atoms with van der Waals surface area (Å²) in [6.45, 7) is 5.49. The number of carbonyl (C=O) groups is 1. The fraction of sp³-hybridized carbons (Fsp3) is 0.783. The van der Waals surface area contributed by atoms with Gasteiger partial charge in [-0.05, 0) is 99.5 Å². The maximum absolute atomic E-state index is 13.0. The molecule has 1 unspecified atom stereocenters. The van der Waals surface area contributed by atoms with Gasteiger partial charge < -0.3 is 5.32 Å². The number of rotatable bonds is 5. The minimum Gasteiger partial charge on any atom is -0.348 e. The first-order valence-electron chi connectivity index (χ1n) is 11.7. The van der Waals surface area contributed by atoms with Crippen LogP contribution in [0.4, 0.5) is 0 Å². The molecule has 1 saturated heterocycles. The van der Waals surface area contributed by atoms with E-state index in [-0.39, 0.29) is 17.4 Å². The van der Waals surface area contributed by atoms with E-state index in [9.17, 15) is 13.2 Å². The van der Waals surface area contributed by atoms with Crippen LogP contribution in [0.2, 0.25) is 0 Å². The van der Waals surface area contributed by atoms with Gasteiger partial charge in [-0.3, -0.25) is 4.79 Å². The summed E-state index contributed by atoms with van der Waals surface area (Å²) in [7, 11) is -3.49. The van der Waals surface area contributed by atoms with Crippen molar-refractivity contribution in [2.45, 2.75) is 75.5 Å². The maximum Gasteiger partial charge on any atom is 0.261 e. The Kier molecular flexibility index (Phi) is 5.30. The van der Waals surface area contributed by atoms with Gasteiger partial charge in [-0.2, -0.15) is 4.31 Å². The molecule has 7 heteroatoms. The first kappa shape index (κ1) is 21.0. The summed E-state index contributed by atoms with van der Waals surface area (Å²) in [5.41, 5.74) is 0.251. The van der Waals surface area contributed by atoms with Crippen LogP contribution >= 0.6 is 11.3 Å². The molecule has 0 spiro atoms. The molecular formula is C23H34N2O3S2. The zero-order valence-corrected chi connectivity index (χ0v) is 19.7. The number of piperidine rings is 1. The summed E-state index contributed by atoms with van der Waals surface area (Å²) < 4.78 is 27.8. The topological polar surface area (TPSA) is 66.5 Å². The number of hydrogen-bond acceptors (Lipinski definition) is 4. The van der Waals surface area contributed by atoms with Gasteiger partial charge in [-0.1, -0.05) is 6.92 Å². The summed E-state index contributed by atoms with van der Waals surface area (Å²) in [5.74, 6) is 3.01. The molecule has 5 fully saturated rings. The second-order valence-electron chi connectivity index (χ2n) is 10.7. The Labute approximate surface area is 184 Å². The van der Waals surface area contributed by atoms with Gasteiger partial charge in [0.2, 0.25) is 0 Å². The normalized spacial score (nSPS) is 35.5. The van der Waals surface area contributed by atoms with Crippen LogP contribution in [0.5, 0.6) is 0 Å². The number of amides is 1. The van der Waals surface area contributed by atoms with Gasteiger partial charge in [-0.25, -0.2) is 8.42 Å². The highest BCUT2D eigenvalue weighted by molar-refractivity contribution is 7.91. The van der Waals surface area contributed by atoms with Crippen molar-refractivity contribution in [1.29, 1.82) is 0 Å². The number of nitrogens with one attached hydrogen (secondary N) is 1. The van der Waals surface area contributed by atoms with Crippen LogP contribution in [0, 0.1) is 29.1 Å². The molecule has 6 rings (SSSR count). The Balaban J connectivity index is 1.27. The molecule has 5 aliphatic rings. The largest absolute Gasteiger partial charge is 0.348 e. The number of carbonyl (C=O) groups excluding carboxylic acids is 1. The van der Waals surface area contributed by atoms with Crippen LogP contribution < -0.4 is 5.32 Å². The molecule has 2 heterocycles. The molecule has 1 N–H and O–H groups in total. The molecule has 1 atom stereocenters. The van der Waals surface area contributed by atoms with Crippen LogP contribution in [0.15, 0.2) is 16.3 Å². The van der Waals surface area contributed by atoms with Crippen LogP contribution in [-0.2, 0) is 10.0 Å². The third-order valence-electron chi connectivity index (χ3n) is 8.49. The molecule has 166 valence electrons. The maximum atomic E-state index is 13.0. The molecule has 0 radical (unpaired) electrons. The quantitative estimate of drug-likeness (QED) is 0.718. The van der Waals surface area contributed by atoms with E-state index < -0.39 is 10.0 Å². The lowest BCUT2D eigenvalue weighted by molar-refractivity contribution is -0.0687. The third kappa shape index (κ3) is 3.65. The fourth-order valence-corrected chi connectivity index (χ4v) is 9.90. The van der Waals surface area contributed by atoms with E-state index in [1.807, 2.05) is 0 Å². The molecule has 1 amide bonds. The Morgan fingerprint density at radius 2 is 1.67 bits per heavy atom. The van der Waals surface area contributed by atoms with Crippen molar-refractivity contribution in [1.82, 2.24) is 9.62 Å². The summed E-state index contributed by atoms with van der Waals surface area (Å²) in [4.78, 5) is 13.5. The number of hydrogen-bond donors (Lipinski definition) is 1. The Bertz CT molecular complexity index is 879. The highest BCUT2D eigenvalue weighted by Gasteiger charge is 2.53. The minimum absolute atomic E-state index is 0.114. The second-order valence-corrected chi connectivity index (χ2v) is 13.9. The van der Waals surface area contributed by atoms with E-state index in [4.69, 9.17) is 0 Å². The summed E-state index contributed by atoms with van der Waals surface area (Å²) in [6, 6.07) is 3.44. The van der Waals surface area contributed by atoms with Gasteiger partial charge in [0.1, 0.15) is 4.21 Å². The van der Waals surface area contributed by atoms with Gasteiger partial charge in [0, 0.05) is 19.1 Å². The van der Waals surface area contributed by atoms with Gasteiger partial charge in [-0.15, -0.1) is 11.3 Å². The average Bonchev–Trinajstić information content (AvgIpc) is 3.18. The molecule has 4 aliphatic carbocycles. The van der Waals surface area contributed by atoms with Gasteiger partial charge in [0.15, 0.2) is 0 Å². The molecule has 1 aliphatic heterocycles. The van der Waals surface area contributed by atoms with Gasteiger partial charge in [0.05, 0.1) is 4.88 Å². The monoisotopic (exact) mass is 450 g/mol. The second kappa shape index (κ2) is 7.59. The lowest BCUT2D eigenvalue weighted by atomic mass is 9.48. The Morgan fingerprint density at radius 3 is 2.23 bits per heavy atom. The first-order valence-corrected chi connectivity index (χ1v) is 13.9. The van der Waals surface area contributed by atoms with Crippen molar-refractivity contribution in [3.63, 3.8) is 0 Å². The number of nitrogens with zero attached hydrogens (tertiary/aromatic N) is 1. The molecule has 5 nitrogen and oxygen atoms in total. The first-order chi connectivity index (χ1) is 14.2. The predicted octanol–water partition coefficient (Wildman–Crippen LogP) is 4.50. The minimum atomic E-state index is -3.49. The zero-order valence-electron chi connectivity index (χ0n) is 18.1. The van der Waals surface area contributed by atoms with Crippen molar-refractivity contribution in [3.8, 4) is 0 Å². The standard InChI is InChI=1S/C23H34N2O3S2/c1-15-5-7-25(8-6-15)30(27,28)21-4-3-20(29-21)22(26)24-16(2)23-12-17-9-18(13-23)11-19(10-17)14-23/h3-4,15-19H,5-14H2,1-2H3,(H,24,26). The van der Waals surface area contributed by atoms with E-state index >= 15 is 0 Å². The van der Waals surface area contributed by atoms with Crippen molar-refractivity contribution in [2.24, 2.45) is 29.1 Å². The van der Waals surface area contributed by atoms with Crippen molar-refractivity contribution in [2.75, 3.05) is 13.1 Å². The lowest BCUT2D eigenvalue weighted by Gasteiger charge is -2.59. The van der Waals surface area contributed by atoms with Crippen LogP contribution in [0.1, 0.15) is 74.9 Å². The SMILES string of the molecule is CC1CCN(S(=O)(=O)c2ccc(C(=O)NC(C)C34CC5CC(CC(C5)C3)C4)s2)CC1. The smallest absolute Gasteiger partial charge is 0.261 e. The predicted molar refractivity (Wildman–Crippen MR) is 119 cm³/mol. The van der Waals surface area contributed by atoms with E-state index in [0.717, 1.165) is 41.9 Å². The highest BCUT2D eigenvalue weighted by atomic mass is 32.2. The summed E-state index contributed by atoms with van der Waals surface area (Å²) in [6.07, 6.45) is 9.72. The van der Waals surface area contributed by atoms with Crippen molar-refractivity contribution >= 4 is 27.3 Å². The Hall–Kier alpha value is -0.920. The average molecular weight is 451 g/mol. The number of sulfonamides is 1. The van der Waals surface area contributed by atoms with Crippen LogP contribution in [-0.4, -0.2) is 37.8 Å². The lowest BCUT2D eigenvalue weighted by Crippen LogP contribution is -2.55. The molecule has 1 aromatic rings. The highest BCUT2D eigenvalue weighted by Crippen LogP contribution is 2.61. The molecule has 1 aromatic heterocycles. The van der Waals surface area contributed by atoms with Crippen molar-refractivity contribution < 1.29 is 13.2 Å². The number of thiophene rings is 1. The van der Waals surface area contributed by atoms with E-state index in [0.29, 0.717) is 28.1 Å². The van der Waals surface area contributed by atoms with E-state index in [2.05, 4.69) is 19.2 Å². The molecular weight excluding hydrogens is 416 g/mol. The van der Waals surface area contributed by atoms with E-state index in [1.54, 1.807) is 16.4 Å². The molecule has 30 heavy (non-hydrogen) atoms. The Morgan fingerprint density at radius 1 is 1.10 bits per heavy atom. The van der Waals surface area contributed by atoms with Crippen molar-refractivity contribution in [3.05, 3.63) is 17.0 Å². The fourth-order valence-electron chi connectivity index (χ4n) is 7.06. The van der Waals surface area contributed by atoms with E-state index in [1.165, 1.54) is 38.5 Å². The molecule has 4 saturated carbocycles. The van der Waals surface area contributed by atoms with Gasteiger partial charge >= 0.3 is 0 Å². The third-order valence-corrected chi connectivity index (χ3v) is 11.9. The molecule has 0 aromatic carbocycles. The molecule has 4 bridgehead atoms. The zero-order chi connectivity index (χ0) is 21.1. The van der Waals surface area contributed by atoms with Gasteiger partial charge in [0.25, 0.3) is 15.9 Å². The summed E-state index contributed by atoms with van der Waals surface area (Å²) >= 11 is 1.12. The summed E-state index contributed by atoms with van der Waals surface area (Å²) in [5, 5.41) is 3.27. The van der Waals surface area contributed by atoms with Crippen LogP contribution in [0.3, 0.4) is 0 Å². The van der Waals surface area contributed by atoms with Crippen LogP contribution in [0.25, 0.3) is 0 Å².